The number of ether oxygens (including phenoxy) is 4. The van der Waals surface area contributed by atoms with E-state index in [1.807, 2.05) is 0 Å². The third-order valence-electron chi connectivity index (χ3n) is 2.16. The van der Waals surface area contributed by atoms with Crippen LogP contribution >= 0.6 is 0 Å². The van der Waals surface area contributed by atoms with Crippen molar-refractivity contribution in [3.8, 4) is 17.2 Å². The highest BCUT2D eigenvalue weighted by molar-refractivity contribution is 5.91. The molecular formula is C13H14O7. The normalized spacial score (nSPS) is 9.60. The van der Waals surface area contributed by atoms with E-state index in [9.17, 15) is 14.4 Å². The molecule has 0 aliphatic rings. The molecule has 1 rings (SSSR count). The van der Waals surface area contributed by atoms with Crippen molar-refractivity contribution < 1.29 is 33.3 Å². The van der Waals surface area contributed by atoms with E-state index in [1.165, 1.54) is 40.2 Å². The van der Waals surface area contributed by atoms with Crippen molar-refractivity contribution in [2.45, 2.75) is 13.8 Å². The minimum Gasteiger partial charge on any atom is -0.493 e. The molecule has 1 aromatic carbocycles. The number of esters is 3. The van der Waals surface area contributed by atoms with E-state index in [0.29, 0.717) is 0 Å². The highest BCUT2D eigenvalue weighted by atomic mass is 16.6. The average molecular weight is 282 g/mol. The summed E-state index contributed by atoms with van der Waals surface area (Å²) in [5.41, 5.74) is 0.0940. The van der Waals surface area contributed by atoms with E-state index in [4.69, 9.17) is 14.2 Å². The zero-order chi connectivity index (χ0) is 15.3. The summed E-state index contributed by atoms with van der Waals surface area (Å²) >= 11 is 0. The van der Waals surface area contributed by atoms with E-state index in [0.717, 1.165) is 0 Å². The Labute approximate surface area is 115 Å². The lowest BCUT2D eigenvalue weighted by molar-refractivity contribution is -0.134. The first-order valence-electron chi connectivity index (χ1n) is 5.56. The van der Waals surface area contributed by atoms with Crippen LogP contribution in [0.1, 0.15) is 24.2 Å². The fourth-order valence-electron chi connectivity index (χ4n) is 1.44. The summed E-state index contributed by atoms with van der Waals surface area (Å²) in [7, 11) is 2.53. The first-order chi connectivity index (χ1) is 9.38. The van der Waals surface area contributed by atoms with Gasteiger partial charge in [-0.05, 0) is 12.1 Å². The molecule has 0 aromatic heterocycles. The maximum absolute atomic E-state index is 11.5. The van der Waals surface area contributed by atoms with Crippen LogP contribution in [-0.2, 0) is 14.3 Å². The van der Waals surface area contributed by atoms with Crippen molar-refractivity contribution in [1.29, 1.82) is 0 Å². The zero-order valence-electron chi connectivity index (χ0n) is 11.5. The molecule has 0 heterocycles. The van der Waals surface area contributed by atoms with E-state index in [1.54, 1.807) is 0 Å². The predicted molar refractivity (Wildman–Crippen MR) is 67.0 cm³/mol. The molecule has 7 nitrogen and oxygen atoms in total. The summed E-state index contributed by atoms with van der Waals surface area (Å²) in [5, 5.41) is 0. The number of carbonyl (C=O) groups excluding carboxylic acids is 3. The number of methoxy groups -OCH3 is 2. The molecule has 0 N–H and O–H groups in total. The molecule has 0 radical (unpaired) electrons. The van der Waals surface area contributed by atoms with Crippen LogP contribution in [-0.4, -0.2) is 32.1 Å². The minimum absolute atomic E-state index is 0.0688. The van der Waals surface area contributed by atoms with Crippen molar-refractivity contribution in [1.82, 2.24) is 0 Å². The zero-order valence-corrected chi connectivity index (χ0v) is 11.5. The topological polar surface area (TPSA) is 88.1 Å². The molecule has 0 aliphatic carbocycles. The van der Waals surface area contributed by atoms with Crippen LogP contribution < -0.4 is 14.2 Å². The molecule has 0 bridgehead atoms. The smallest absolute Gasteiger partial charge is 0.338 e. The number of hydrogen-bond acceptors (Lipinski definition) is 7. The van der Waals surface area contributed by atoms with Crippen LogP contribution in [0, 0.1) is 0 Å². The first kappa shape index (κ1) is 15.5. The summed E-state index contributed by atoms with van der Waals surface area (Å²) in [5.74, 6) is -2.02. The van der Waals surface area contributed by atoms with Crippen molar-refractivity contribution in [2.75, 3.05) is 14.2 Å². The highest BCUT2D eigenvalue weighted by Gasteiger charge is 2.20. The summed E-state index contributed by atoms with van der Waals surface area (Å²) in [4.78, 5) is 33.7. The molecule has 7 heteroatoms. The van der Waals surface area contributed by atoms with Gasteiger partial charge in [-0.1, -0.05) is 0 Å². The Morgan fingerprint density at radius 3 is 1.90 bits per heavy atom. The molecule has 0 fully saturated rings. The summed E-state index contributed by atoms with van der Waals surface area (Å²) in [6, 6.07) is 2.55. The maximum Gasteiger partial charge on any atom is 0.338 e. The standard InChI is InChI=1S/C13H14O7/c1-7(14)19-11-6-9(13(16)18-4)5-10(17-3)12(11)20-8(2)15/h5-6H,1-4H3. The molecule has 1 aromatic rings. The SMILES string of the molecule is COC(=O)c1cc(OC)c(OC(C)=O)c(OC(C)=O)c1. The summed E-state index contributed by atoms with van der Waals surface area (Å²) in [6.07, 6.45) is 0. The molecular weight excluding hydrogens is 268 g/mol. The molecule has 0 aliphatic heterocycles. The van der Waals surface area contributed by atoms with Crippen LogP contribution in [0.5, 0.6) is 17.2 Å². The Morgan fingerprint density at radius 1 is 0.900 bits per heavy atom. The Hall–Kier alpha value is -2.57. The van der Waals surface area contributed by atoms with Crippen molar-refractivity contribution in [2.24, 2.45) is 0 Å². The molecule has 0 amide bonds. The van der Waals surface area contributed by atoms with Crippen LogP contribution in [0.4, 0.5) is 0 Å². The Kier molecular flexibility index (Phi) is 5.08. The third-order valence-corrected chi connectivity index (χ3v) is 2.16. The van der Waals surface area contributed by atoms with Crippen LogP contribution in [0.2, 0.25) is 0 Å². The van der Waals surface area contributed by atoms with E-state index < -0.39 is 17.9 Å². The van der Waals surface area contributed by atoms with Crippen LogP contribution in [0.3, 0.4) is 0 Å². The van der Waals surface area contributed by atoms with Gasteiger partial charge in [0.1, 0.15) is 0 Å². The van der Waals surface area contributed by atoms with Gasteiger partial charge in [0.15, 0.2) is 11.5 Å². The second kappa shape index (κ2) is 6.55. The fraction of sp³-hybridized carbons (Fsp3) is 0.308. The van der Waals surface area contributed by atoms with Gasteiger partial charge in [0.25, 0.3) is 0 Å². The lowest BCUT2D eigenvalue weighted by Gasteiger charge is -2.13. The maximum atomic E-state index is 11.5. The molecule has 0 atom stereocenters. The average Bonchev–Trinajstić information content (AvgIpc) is 2.38. The second-order valence-electron chi connectivity index (χ2n) is 3.68. The number of carbonyl (C=O) groups is 3. The first-order valence-corrected chi connectivity index (χ1v) is 5.56. The lowest BCUT2D eigenvalue weighted by Crippen LogP contribution is -2.10. The Balaban J connectivity index is 3.41. The van der Waals surface area contributed by atoms with E-state index in [2.05, 4.69) is 4.74 Å². The van der Waals surface area contributed by atoms with Gasteiger partial charge in [-0.25, -0.2) is 4.79 Å². The number of benzene rings is 1. The molecule has 0 saturated carbocycles. The lowest BCUT2D eigenvalue weighted by atomic mass is 10.2. The van der Waals surface area contributed by atoms with Gasteiger partial charge in [0, 0.05) is 13.8 Å². The Morgan fingerprint density at radius 2 is 1.45 bits per heavy atom. The summed E-state index contributed by atoms with van der Waals surface area (Å²) < 4.78 is 19.5. The van der Waals surface area contributed by atoms with Gasteiger partial charge in [-0.15, -0.1) is 0 Å². The Bertz CT molecular complexity index is 548. The quantitative estimate of drug-likeness (QED) is 0.608. The predicted octanol–water partition coefficient (Wildman–Crippen LogP) is 1.33. The number of hydrogen-bond donors (Lipinski definition) is 0. The minimum atomic E-state index is -0.647. The van der Waals surface area contributed by atoms with Crippen molar-refractivity contribution in [3.05, 3.63) is 17.7 Å². The highest BCUT2D eigenvalue weighted by Crippen LogP contribution is 2.39. The van der Waals surface area contributed by atoms with E-state index >= 15 is 0 Å². The molecule has 0 saturated heterocycles. The molecule has 108 valence electrons. The summed E-state index contributed by atoms with van der Waals surface area (Å²) in [6.45, 7) is 2.36. The monoisotopic (exact) mass is 282 g/mol. The third kappa shape index (κ3) is 3.71. The van der Waals surface area contributed by atoms with E-state index in [-0.39, 0.29) is 22.8 Å². The largest absolute Gasteiger partial charge is 0.493 e. The van der Waals surface area contributed by atoms with Crippen LogP contribution in [0.25, 0.3) is 0 Å². The van der Waals surface area contributed by atoms with Gasteiger partial charge in [-0.3, -0.25) is 9.59 Å². The van der Waals surface area contributed by atoms with Gasteiger partial charge in [-0.2, -0.15) is 0 Å². The molecule has 20 heavy (non-hydrogen) atoms. The van der Waals surface area contributed by atoms with Gasteiger partial charge >= 0.3 is 17.9 Å². The molecule has 0 spiro atoms. The molecule has 0 unspecified atom stereocenters. The van der Waals surface area contributed by atoms with Crippen molar-refractivity contribution >= 4 is 17.9 Å². The fourth-order valence-corrected chi connectivity index (χ4v) is 1.44. The van der Waals surface area contributed by atoms with Gasteiger partial charge in [0.05, 0.1) is 19.8 Å². The van der Waals surface area contributed by atoms with Crippen LogP contribution in [0.15, 0.2) is 12.1 Å². The van der Waals surface area contributed by atoms with Gasteiger partial charge < -0.3 is 18.9 Å². The second-order valence-corrected chi connectivity index (χ2v) is 3.68. The van der Waals surface area contributed by atoms with Gasteiger partial charge in [0.2, 0.25) is 5.75 Å². The van der Waals surface area contributed by atoms with Crippen molar-refractivity contribution in [3.63, 3.8) is 0 Å². The number of rotatable bonds is 4.